The SMILES string of the molecule is Cc1ccc(N(C)S(=O)(=O)c2cnc(Cl)c(Cl)c2)c(C)c1. The first-order chi connectivity index (χ1) is 9.73. The molecule has 0 aliphatic carbocycles. The van der Waals surface area contributed by atoms with Gasteiger partial charge in [-0.05, 0) is 31.5 Å². The summed E-state index contributed by atoms with van der Waals surface area (Å²) in [5.74, 6) is 0. The number of sulfonamides is 1. The van der Waals surface area contributed by atoms with E-state index in [4.69, 9.17) is 23.2 Å². The van der Waals surface area contributed by atoms with E-state index in [-0.39, 0.29) is 15.1 Å². The van der Waals surface area contributed by atoms with E-state index in [0.717, 1.165) is 11.1 Å². The number of aromatic nitrogens is 1. The number of halogens is 2. The molecule has 1 heterocycles. The highest BCUT2D eigenvalue weighted by atomic mass is 35.5. The summed E-state index contributed by atoms with van der Waals surface area (Å²) in [6.45, 7) is 3.82. The van der Waals surface area contributed by atoms with Crippen molar-refractivity contribution in [1.82, 2.24) is 4.98 Å². The number of anilines is 1. The van der Waals surface area contributed by atoms with Gasteiger partial charge in [0, 0.05) is 13.2 Å². The van der Waals surface area contributed by atoms with Crippen molar-refractivity contribution in [2.75, 3.05) is 11.4 Å². The van der Waals surface area contributed by atoms with Gasteiger partial charge in [0.1, 0.15) is 10.0 Å². The van der Waals surface area contributed by atoms with Crippen LogP contribution in [0.15, 0.2) is 35.4 Å². The topological polar surface area (TPSA) is 50.3 Å². The third-order valence-corrected chi connectivity index (χ3v) is 5.54. The number of hydrogen-bond acceptors (Lipinski definition) is 3. The van der Waals surface area contributed by atoms with Crippen LogP contribution in [0.1, 0.15) is 11.1 Å². The van der Waals surface area contributed by atoms with Gasteiger partial charge >= 0.3 is 0 Å². The second-order valence-corrected chi connectivity index (χ2v) is 7.44. The molecule has 0 unspecified atom stereocenters. The van der Waals surface area contributed by atoms with Crippen molar-refractivity contribution < 1.29 is 8.42 Å². The van der Waals surface area contributed by atoms with Crippen LogP contribution in [-0.4, -0.2) is 20.4 Å². The molecule has 0 aliphatic rings. The van der Waals surface area contributed by atoms with Gasteiger partial charge in [0.2, 0.25) is 0 Å². The Morgan fingerprint density at radius 3 is 2.38 bits per heavy atom. The first-order valence-electron chi connectivity index (χ1n) is 6.10. The first-order valence-corrected chi connectivity index (χ1v) is 8.30. The number of hydrogen-bond donors (Lipinski definition) is 0. The lowest BCUT2D eigenvalue weighted by Crippen LogP contribution is -2.27. The van der Waals surface area contributed by atoms with E-state index in [0.29, 0.717) is 5.69 Å². The Hall–Kier alpha value is -1.30. The lowest BCUT2D eigenvalue weighted by Gasteiger charge is -2.21. The van der Waals surface area contributed by atoms with Crippen LogP contribution in [0.5, 0.6) is 0 Å². The lowest BCUT2D eigenvalue weighted by molar-refractivity contribution is 0.594. The van der Waals surface area contributed by atoms with Crippen molar-refractivity contribution in [3.63, 3.8) is 0 Å². The van der Waals surface area contributed by atoms with E-state index in [1.165, 1.54) is 23.6 Å². The molecular formula is C14H14Cl2N2O2S. The molecule has 0 fully saturated rings. The molecule has 0 N–H and O–H groups in total. The Morgan fingerprint density at radius 2 is 1.81 bits per heavy atom. The van der Waals surface area contributed by atoms with Crippen molar-refractivity contribution in [3.8, 4) is 0 Å². The molecule has 2 aromatic rings. The molecule has 21 heavy (non-hydrogen) atoms. The van der Waals surface area contributed by atoms with Gasteiger partial charge in [-0.25, -0.2) is 13.4 Å². The summed E-state index contributed by atoms with van der Waals surface area (Å²) in [4.78, 5) is 3.78. The Labute approximate surface area is 134 Å². The minimum atomic E-state index is -3.74. The van der Waals surface area contributed by atoms with Crippen LogP contribution in [0.25, 0.3) is 0 Å². The summed E-state index contributed by atoms with van der Waals surface area (Å²) >= 11 is 11.6. The van der Waals surface area contributed by atoms with Crippen LogP contribution in [0.2, 0.25) is 10.2 Å². The molecule has 0 spiro atoms. The maximum atomic E-state index is 12.6. The number of rotatable bonds is 3. The molecule has 0 amide bonds. The van der Waals surface area contributed by atoms with Gasteiger partial charge in [0.15, 0.2) is 0 Å². The summed E-state index contributed by atoms with van der Waals surface area (Å²) in [7, 11) is -2.24. The minimum Gasteiger partial charge on any atom is -0.269 e. The van der Waals surface area contributed by atoms with Crippen LogP contribution in [-0.2, 0) is 10.0 Å². The average Bonchev–Trinajstić information content (AvgIpc) is 2.41. The highest BCUT2D eigenvalue weighted by Crippen LogP contribution is 2.28. The fourth-order valence-corrected chi connectivity index (χ4v) is 3.56. The molecule has 0 atom stereocenters. The molecule has 112 valence electrons. The molecule has 0 saturated heterocycles. The Bertz CT molecular complexity index is 792. The van der Waals surface area contributed by atoms with Crippen molar-refractivity contribution in [2.24, 2.45) is 0 Å². The predicted octanol–water partition coefficient (Wildman–Crippen LogP) is 3.83. The minimum absolute atomic E-state index is 0.000579. The molecule has 4 nitrogen and oxygen atoms in total. The summed E-state index contributed by atoms with van der Waals surface area (Å²) < 4.78 is 26.4. The molecular weight excluding hydrogens is 331 g/mol. The fraction of sp³-hybridized carbons (Fsp3) is 0.214. The predicted molar refractivity (Wildman–Crippen MR) is 85.8 cm³/mol. The molecule has 0 saturated carbocycles. The summed E-state index contributed by atoms with van der Waals surface area (Å²) in [5.41, 5.74) is 2.54. The molecule has 0 radical (unpaired) electrons. The van der Waals surface area contributed by atoms with Gasteiger partial charge in [-0.1, -0.05) is 40.9 Å². The average molecular weight is 345 g/mol. The van der Waals surface area contributed by atoms with Gasteiger partial charge in [-0.15, -0.1) is 0 Å². The van der Waals surface area contributed by atoms with E-state index in [1.807, 2.05) is 26.0 Å². The second kappa shape index (κ2) is 5.83. The quantitative estimate of drug-likeness (QED) is 0.795. The Morgan fingerprint density at radius 1 is 1.14 bits per heavy atom. The van der Waals surface area contributed by atoms with E-state index < -0.39 is 10.0 Å². The molecule has 1 aromatic heterocycles. The largest absolute Gasteiger partial charge is 0.269 e. The standard InChI is InChI=1S/C14H14Cl2N2O2S/c1-9-4-5-13(10(2)6-9)18(3)21(19,20)11-7-12(15)14(16)17-8-11/h4-8H,1-3H3. The monoisotopic (exact) mass is 344 g/mol. The van der Waals surface area contributed by atoms with Gasteiger partial charge in [0.05, 0.1) is 10.7 Å². The Kier molecular flexibility index (Phi) is 4.46. The number of nitrogens with zero attached hydrogens (tertiary/aromatic N) is 2. The number of aryl methyl sites for hydroxylation is 2. The smallest absolute Gasteiger partial charge is 0.265 e. The molecule has 0 aliphatic heterocycles. The van der Waals surface area contributed by atoms with Crippen LogP contribution < -0.4 is 4.31 Å². The molecule has 1 aromatic carbocycles. The van der Waals surface area contributed by atoms with Gasteiger partial charge in [-0.2, -0.15) is 0 Å². The fourth-order valence-electron chi connectivity index (χ4n) is 1.99. The van der Waals surface area contributed by atoms with Gasteiger partial charge in [0.25, 0.3) is 10.0 Å². The van der Waals surface area contributed by atoms with E-state index in [1.54, 1.807) is 6.07 Å². The maximum Gasteiger partial charge on any atom is 0.265 e. The third-order valence-electron chi connectivity index (χ3n) is 3.12. The van der Waals surface area contributed by atoms with Crippen molar-refractivity contribution in [1.29, 1.82) is 0 Å². The van der Waals surface area contributed by atoms with Crippen LogP contribution >= 0.6 is 23.2 Å². The second-order valence-electron chi connectivity index (χ2n) is 4.71. The van der Waals surface area contributed by atoms with Crippen LogP contribution in [0.4, 0.5) is 5.69 Å². The third kappa shape index (κ3) is 3.15. The van der Waals surface area contributed by atoms with Crippen LogP contribution in [0.3, 0.4) is 0 Å². The Balaban J connectivity index is 2.49. The normalized spacial score (nSPS) is 11.5. The summed E-state index contributed by atoms with van der Waals surface area (Å²) in [5, 5.41) is 0.177. The molecule has 2 rings (SSSR count). The van der Waals surface area contributed by atoms with Crippen molar-refractivity contribution in [2.45, 2.75) is 18.7 Å². The molecule has 7 heteroatoms. The van der Waals surface area contributed by atoms with E-state index in [9.17, 15) is 8.42 Å². The zero-order valence-corrected chi connectivity index (χ0v) is 14.1. The highest BCUT2D eigenvalue weighted by Gasteiger charge is 2.23. The lowest BCUT2D eigenvalue weighted by atomic mass is 10.1. The maximum absolute atomic E-state index is 12.6. The van der Waals surface area contributed by atoms with Gasteiger partial charge < -0.3 is 0 Å². The highest BCUT2D eigenvalue weighted by molar-refractivity contribution is 7.92. The molecule has 0 bridgehead atoms. The zero-order valence-electron chi connectivity index (χ0n) is 11.8. The van der Waals surface area contributed by atoms with Crippen molar-refractivity contribution >= 4 is 38.9 Å². The zero-order chi connectivity index (χ0) is 15.8. The summed E-state index contributed by atoms with van der Waals surface area (Å²) in [6.07, 6.45) is 1.20. The van der Waals surface area contributed by atoms with E-state index >= 15 is 0 Å². The summed E-state index contributed by atoms with van der Waals surface area (Å²) in [6, 6.07) is 6.86. The van der Waals surface area contributed by atoms with Crippen molar-refractivity contribution in [3.05, 3.63) is 51.8 Å². The number of pyridine rings is 1. The first kappa shape index (κ1) is 16.1. The van der Waals surface area contributed by atoms with Crippen LogP contribution in [0, 0.1) is 13.8 Å². The van der Waals surface area contributed by atoms with E-state index in [2.05, 4.69) is 4.98 Å². The number of benzene rings is 1. The van der Waals surface area contributed by atoms with Gasteiger partial charge in [-0.3, -0.25) is 4.31 Å².